The third-order valence-corrected chi connectivity index (χ3v) is 5.45. The van der Waals surface area contributed by atoms with E-state index >= 15 is 0 Å². The van der Waals surface area contributed by atoms with E-state index in [1.807, 2.05) is 25.1 Å². The maximum atomic E-state index is 6.05. The van der Waals surface area contributed by atoms with Crippen molar-refractivity contribution in [2.45, 2.75) is 40.7 Å². The number of thiazole rings is 1. The van der Waals surface area contributed by atoms with Gasteiger partial charge in [-0.15, -0.1) is 35.3 Å². The number of ether oxygens (including phenoxy) is 1. The molecule has 0 aliphatic heterocycles. The van der Waals surface area contributed by atoms with Crippen LogP contribution in [0.2, 0.25) is 0 Å². The first-order chi connectivity index (χ1) is 14.2. The molecular formula is C22H36IN5OS. The van der Waals surface area contributed by atoms with E-state index in [0.29, 0.717) is 13.2 Å². The number of aromatic nitrogens is 1. The number of likely N-dealkylation sites (N-methyl/N-ethyl adjacent to an activating group) is 1. The predicted molar refractivity (Wildman–Crippen MR) is 139 cm³/mol. The molecule has 1 heterocycles. The molecule has 1 aromatic carbocycles. The maximum absolute atomic E-state index is 6.05. The molecule has 2 rings (SSSR count). The summed E-state index contributed by atoms with van der Waals surface area (Å²) in [5.74, 6) is 1.73. The lowest BCUT2D eigenvalue weighted by Gasteiger charge is -2.18. The molecule has 0 radical (unpaired) electrons. The first kappa shape index (κ1) is 26.6. The summed E-state index contributed by atoms with van der Waals surface area (Å²) >= 11 is 1.69. The van der Waals surface area contributed by atoms with Crippen molar-refractivity contribution >= 4 is 41.3 Å². The first-order valence-electron chi connectivity index (χ1n) is 10.5. The zero-order chi connectivity index (χ0) is 20.9. The number of aliphatic imine (C=N–C) groups is 1. The van der Waals surface area contributed by atoms with Gasteiger partial charge in [0.25, 0.3) is 0 Å². The Kier molecular flexibility index (Phi) is 13.7. The summed E-state index contributed by atoms with van der Waals surface area (Å²) in [6.45, 7) is 14.4. The highest BCUT2D eigenvalue weighted by Gasteiger charge is 2.06. The van der Waals surface area contributed by atoms with Crippen molar-refractivity contribution in [3.63, 3.8) is 0 Å². The van der Waals surface area contributed by atoms with Crippen LogP contribution in [0.1, 0.15) is 37.0 Å². The normalized spacial score (nSPS) is 11.3. The van der Waals surface area contributed by atoms with Crippen molar-refractivity contribution < 1.29 is 4.74 Å². The molecule has 2 aromatic rings. The topological polar surface area (TPSA) is 61.8 Å². The zero-order valence-corrected chi connectivity index (χ0v) is 21.8. The van der Waals surface area contributed by atoms with Crippen LogP contribution in [0.3, 0.4) is 0 Å². The minimum atomic E-state index is 0. The van der Waals surface area contributed by atoms with Gasteiger partial charge in [-0.2, -0.15) is 0 Å². The quantitative estimate of drug-likeness (QED) is 0.239. The molecule has 0 atom stereocenters. The molecule has 1 aromatic heterocycles. The molecule has 0 aliphatic rings. The second-order valence-electron chi connectivity index (χ2n) is 6.71. The lowest BCUT2D eigenvalue weighted by atomic mass is 10.2. The molecule has 0 spiro atoms. The van der Waals surface area contributed by atoms with Gasteiger partial charge in [0.2, 0.25) is 0 Å². The van der Waals surface area contributed by atoms with Gasteiger partial charge in [0.1, 0.15) is 12.4 Å². The van der Waals surface area contributed by atoms with E-state index in [9.17, 15) is 0 Å². The Morgan fingerprint density at radius 2 is 1.93 bits per heavy atom. The monoisotopic (exact) mass is 545 g/mol. The largest absolute Gasteiger partial charge is 0.492 e. The van der Waals surface area contributed by atoms with E-state index in [-0.39, 0.29) is 24.0 Å². The molecule has 0 saturated heterocycles. The van der Waals surface area contributed by atoms with Gasteiger partial charge in [-0.3, -0.25) is 0 Å². The van der Waals surface area contributed by atoms with Crippen molar-refractivity contribution in [2.75, 3.05) is 39.3 Å². The van der Waals surface area contributed by atoms with Gasteiger partial charge in [-0.25, -0.2) is 9.98 Å². The second kappa shape index (κ2) is 15.4. The van der Waals surface area contributed by atoms with Crippen LogP contribution in [0.15, 0.2) is 34.6 Å². The summed E-state index contributed by atoms with van der Waals surface area (Å²) in [4.78, 5) is 11.6. The number of hydrogen-bond donors (Lipinski definition) is 2. The third kappa shape index (κ3) is 9.61. The summed E-state index contributed by atoms with van der Waals surface area (Å²) in [6, 6.07) is 8.15. The van der Waals surface area contributed by atoms with E-state index in [1.54, 1.807) is 11.3 Å². The third-order valence-electron chi connectivity index (χ3n) is 4.62. The molecule has 0 fully saturated rings. The summed E-state index contributed by atoms with van der Waals surface area (Å²) in [7, 11) is 0. The van der Waals surface area contributed by atoms with E-state index in [2.05, 4.69) is 52.7 Å². The number of rotatable bonds is 12. The average Bonchev–Trinajstić information content (AvgIpc) is 3.15. The van der Waals surface area contributed by atoms with Gasteiger partial charge in [0, 0.05) is 37.0 Å². The number of para-hydroxylation sites is 1. The van der Waals surface area contributed by atoms with Gasteiger partial charge in [-0.05, 0) is 33.0 Å². The lowest BCUT2D eigenvalue weighted by molar-refractivity contribution is 0.221. The Labute approximate surface area is 202 Å². The van der Waals surface area contributed by atoms with Crippen molar-refractivity contribution in [1.82, 2.24) is 20.5 Å². The molecule has 2 N–H and O–H groups in total. The molecule has 0 saturated carbocycles. The standard InChI is InChI=1S/C22H35N5OS.HI/c1-5-23-22(24-13-12-20-17-29-18(4)26-20)25-16-19-10-8-9-11-21(19)28-15-14-27(6-2)7-3;/h8-11,17H,5-7,12-16H2,1-4H3,(H2,23,24,25);1H. The Hall–Kier alpha value is -1.39. The molecule has 8 heteroatoms. The zero-order valence-electron chi connectivity index (χ0n) is 18.6. The number of hydrogen-bond acceptors (Lipinski definition) is 5. The Balaban J connectivity index is 0.00000450. The van der Waals surface area contributed by atoms with E-state index in [4.69, 9.17) is 9.73 Å². The van der Waals surface area contributed by atoms with Crippen LogP contribution in [0.25, 0.3) is 0 Å². The minimum Gasteiger partial charge on any atom is -0.492 e. The highest BCUT2D eigenvalue weighted by atomic mass is 127. The number of guanidine groups is 1. The Morgan fingerprint density at radius 3 is 2.60 bits per heavy atom. The lowest BCUT2D eigenvalue weighted by Crippen LogP contribution is -2.38. The van der Waals surface area contributed by atoms with Gasteiger partial charge >= 0.3 is 0 Å². The van der Waals surface area contributed by atoms with Crippen molar-refractivity contribution in [3.05, 3.63) is 45.9 Å². The second-order valence-corrected chi connectivity index (χ2v) is 7.78. The van der Waals surface area contributed by atoms with Crippen LogP contribution in [0.4, 0.5) is 0 Å². The fraction of sp³-hybridized carbons (Fsp3) is 0.545. The van der Waals surface area contributed by atoms with Crippen LogP contribution in [-0.4, -0.2) is 55.2 Å². The smallest absolute Gasteiger partial charge is 0.191 e. The molecule has 0 bridgehead atoms. The number of halogens is 1. The van der Waals surface area contributed by atoms with Gasteiger partial charge in [-0.1, -0.05) is 32.0 Å². The van der Waals surface area contributed by atoms with Crippen molar-refractivity contribution in [3.8, 4) is 5.75 Å². The number of benzene rings is 1. The molecule has 168 valence electrons. The summed E-state index contributed by atoms with van der Waals surface area (Å²) < 4.78 is 6.05. The fourth-order valence-electron chi connectivity index (χ4n) is 2.94. The van der Waals surface area contributed by atoms with E-state index in [1.165, 1.54) is 0 Å². The number of nitrogens with one attached hydrogen (secondary N) is 2. The van der Waals surface area contributed by atoms with Crippen molar-refractivity contribution in [1.29, 1.82) is 0 Å². The summed E-state index contributed by atoms with van der Waals surface area (Å²) in [5.41, 5.74) is 2.22. The van der Waals surface area contributed by atoms with Crippen LogP contribution < -0.4 is 15.4 Å². The molecule has 0 amide bonds. The molecule has 0 unspecified atom stereocenters. The molecular weight excluding hydrogens is 509 g/mol. The van der Waals surface area contributed by atoms with Crippen LogP contribution in [0.5, 0.6) is 5.75 Å². The highest BCUT2D eigenvalue weighted by molar-refractivity contribution is 14.0. The van der Waals surface area contributed by atoms with E-state index in [0.717, 1.165) is 67.1 Å². The molecule has 6 nitrogen and oxygen atoms in total. The summed E-state index contributed by atoms with van der Waals surface area (Å²) in [5, 5.41) is 9.94. The number of nitrogens with zero attached hydrogens (tertiary/aromatic N) is 3. The van der Waals surface area contributed by atoms with Gasteiger partial charge < -0.3 is 20.3 Å². The van der Waals surface area contributed by atoms with Gasteiger partial charge in [0.05, 0.1) is 17.2 Å². The Morgan fingerprint density at radius 1 is 1.17 bits per heavy atom. The minimum absolute atomic E-state index is 0. The Bertz CT molecular complexity index is 749. The SMILES string of the molecule is CCNC(=NCc1ccccc1OCCN(CC)CC)NCCc1csc(C)n1.I. The fourth-order valence-corrected chi connectivity index (χ4v) is 3.58. The molecule has 0 aliphatic carbocycles. The first-order valence-corrected chi connectivity index (χ1v) is 11.4. The van der Waals surface area contributed by atoms with Crippen LogP contribution >= 0.6 is 35.3 Å². The van der Waals surface area contributed by atoms with Crippen LogP contribution in [0, 0.1) is 6.92 Å². The predicted octanol–water partition coefficient (Wildman–Crippen LogP) is 4.09. The van der Waals surface area contributed by atoms with Gasteiger partial charge in [0.15, 0.2) is 5.96 Å². The highest BCUT2D eigenvalue weighted by Crippen LogP contribution is 2.19. The number of aryl methyl sites for hydroxylation is 1. The van der Waals surface area contributed by atoms with E-state index < -0.39 is 0 Å². The van der Waals surface area contributed by atoms with Crippen molar-refractivity contribution in [2.24, 2.45) is 4.99 Å². The average molecular weight is 546 g/mol. The maximum Gasteiger partial charge on any atom is 0.191 e. The molecule has 30 heavy (non-hydrogen) atoms. The summed E-state index contributed by atoms with van der Waals surface area (Å²) in [6.07, 6.45) is 0.889. The van der Waals surface area contributed by atoms with Crippen LogP contribution in [-0.2, 0) is 13.0 Å².